The van der Waals surface area contributed by atoms with E-state index >= 15 is 0 Å². The Hall–Kier alpha value is -4.66. The first kappa shape index (κ1) is 28.5. The minimum absolute atomic E-state index is 0.235. The van der Waals surface area contributed by atoms with Gasteiger partial charge in [0.2, 0.25) is 0 Å². The van der Waals surface area contributed by atoms with Gasteiger partial charge in [-0.15, -0.1) is 0 Å². The molecule has 0 saturated heterocycles. The van der Waals surface area contributed by atoms with Crippen molar-refractivity contribution in [3.63, 3.8) is 0 Å². The number of esters is 1. The van der Waals surface area contributed by atoms with Crippen LogP contribution < -0.4 is 24.4 Å². The zero-order valence-corrected chi connectivity index (χ0v) is 25.2. The van der Waals surface area contributed by atoms with Crippen LogP contribution in [0.3, 0.4) is 0 Å². The van der Waals surface area contributed by atoms with E-state index in [4.69, 9.17) is 25.8 Å². The molecular weight excluding hydrogens is 584 g/mol. The van der Waals surface area contributed by atoms with Crippen molar-refractivity contribution in [2.45, 2.75) is 19.6 Å². The molecule has 0 N–H and O–H groups in total. The number of carbonyl (C=O) groups is 1. The Bertz CT molecular complexity index is 2080. The molecule has 9 heteroatoms. The molecule has 0 bridgehead atoms. The van der Waals surface area contributed by atoms with Crippen LogP contribution in [0.2, 0.25) is 5.02 Å². The van der Waals surface area contributed by atoms with Gasteiger partial charge in [-0.25, -0.2) is 9.79 Å². The Kier molecular flexibility index (Phi) is 7.88. The lowest BCUT2D eigenvalue weighted by molar-refractivity contribution is -0.136. The number of rotatable bonds is 7. The third kappa shape index (κ3) is 5.35. The summed E-state index contributed by atoms with van der Waals surface area (Å²) in [7, 11) is 2.83. The zero-order chi connectivity index (χ0) is 30.1. The molecule has 216 valence electrons. The summed E-state index contributed by atoms with van der Waals surface area (Å²) in [4.78, 5) is 32.5. The van der Waals surface area contributed by atoms with Crippen LogP contribution in [0.5, 0.6) is 11.5 Å². The number of ether oxygens (including phenoxy) is 3. The van der Waals surface area contributed by atoms with E-state index in [1.54, 1.807) is 25.1 Å². The molecule has 1 atom stereocenters. The molecule has 0 unspecified atom stereocenters. The first-order chi connectivity index (χ1) is 20.9. The second-order valence-electron chi connectivity index (χ2n) is 9.93. The largest absolute Gasteiger partial charge is 0.496 e. The number of hydrogen-bond donors (Lipinski definition) is 0. The third-order valence-electron chi connectivity index (χ3n) is 7.36. The van der Waals surface area contributed by atoms with Gasteiger partial charge in [0, 0.05) is 16.1 Å². The van der Waals surface area contributed by atoms with E-state index in [1.165, 1.54) is 30.1 Å². The average Bonchev–Trinajstić information content (AvgIpc) is 3.33. The number of fused-ring (bicyclic) bond motifs is 2. The fourth-order valence-corrected chi connectivity index (χ4v) is 6.53. The lowest BCUT2D eigenvalue weighted by Crippen LogP contribution is -2.40. The van der Waals surface area contributed by atoms with Gasteiger partial charge in [0.25, 0.3) is 5.56 Å². The molecule has 2 heterocycles. The zero-order valence-electron chi connectivity index (χ0n) is 23.7. The topological polar surface area (TPSA) is 79.1 Å². The summed E-state index contributed by atoms with van der Waals surface area (Å²) in [5.74, 6) is 0.534. The highest BCUT2D eigenvalue weighted by molar-refractivity contribution is 7.07. The maximum atomic E-state index is 14.3. The first-order valence-electron chi connectivity index (χ1n) is 13.5. The highest BCUT2D eigenvalue weighted by atomic mass is 35.5. The molecule has 7 nitrogen and oxygen atoms in total. The number of nitrogens with zero attached hydrogens (tertiary/aromatic N) is 2. The van der Waals surface area contributed by atoms with Gasteiger partial charge in [-0.2, -0.15) is 0 Å². The standard InChI is InChI=1S/C34H27ClN2O5S/c1-20-30(33(39)41-3)31(26-17-23(35)14-16-27(26)40-2)37-32(38)29(43-34(37)36-20)18-25-24-12-8-7-11-22(24)13-15-28(25)42-19-21-9-5-4-6-10-21/h4-18,31H,19H2,1-3H3/b29-18-/t31-/m0/s1. The number of methoxy groups -OCH3 is 2. The molecule has 0 amide bonds. The summed E-state index contributed by atoms with van der Waals surface area (Å²) in [5.41, 5.74) is 2.73. The van der Waals surface area contributed by atoms with E-state index in [1.807, 2.05) is 72.8 Å². The van der Waals surface area contributed by atoms with E-state index < -0.39 is 12.0 Å². The van der Waals surface area contributed by atoms with Crippen LogP contribution in [0.15, 0.2) is 106 Å². The smallest absolute Gasteiger partial charge is 0.338 e. The normalized spacial score (nSPS) is 14.8. The van der Waals surface area contributed by atoms with Gasteiger partial charge in [-0.3, -0.25) is 9.36 Å². The average molecular weight is 611 g/mol. The van der Waals surface area contributed by atoms with Crippen molar-refractivity contribution in [2.75, 3.05) is 14.2 Å². The summed E-state index contributed by atoms with van der Waals surface area (Å²) in [6, 6.07) is 26.0. The summed E-state index contributed by atoms with van der Waals surface area (Å²) >= 11 is 7.64. The molecule has 43 heavy (non-hydrogen) atoms. The Morgan fingerprint density at radius 1 is 1.00 bits per heavy atom. The molecule has 0 aliphatic carbocycles. The van der Waals surface area contributed by atoms with Crippen molar-refractivity contribution in [1.82, 2.24) is 4.57 Å². The predicted molar refractivity (Wildman–Crippen MR) is 169 cm³/mol. The predicted octanol–water partition coefficient (Wildman–Crippen LogP) is 5.80. The molecule has 1 aliphatic rings. The molecule has 1 aliphatic heterocycles. The lowest BCUT2D eigenvalue weighted by atomic mass is 9.95. The second kappa shape index (κ2) is 11.9. The van der Waals surface area contributed by atoms with Crippen molar-refractivity contribution in [3.8, 4) is 11.5 Å². The monoisotopic (exact) mass is 610 g/mol. The number of hydrogen-bond acceptors (Lipinski definition) is 7. The van der Waals surface area contributed by atoms with Crippen molar-refractivity contribution >= 4 is 45.8 Å². The highest BCUT2D eigenvalue weighted by Crippen LogP contribution is 2.37. The molecular formula is C34H27ClN2O5S. The van der Waals surface area contributed by atoms with Gasteiger partial charge in [-0.1, -0.05) is 83.6 Å². The summed E-state index contributed by atoms with van der Waals surface area (Å²) in [6.07, 6.45) is 1.84. The van der Waals surface area contributed by atoms with E-state index in [0.717, 1.165) is 21.9 Å². The second-order valence-corrected chi connectivity index (χ2v) is 11.4. The van der Waals surface area contributed by atoms with Gasteiger partial charge >= 0.3 is 5.97 Å². The number of halogens is 1. The van der Waals surface area contributed by atoms with Gasteiger partial charge in [0.05, 0.1) is 30.0 Å². The van der Waals surface area contributed by atoms with Crippen LogP contribution in [0.1, 0.15) is 29.7 Å². The van der Waals surface area contributed by atoms with Gasteiger partial charge < -0.3 is 14.2 Å². The molecule has 6 rings (SSSR count). The molecule has 1 aromatic heterocycles. The minimum Gasteiger partial charge on any atom is -0.496 e. The Morgan fingerprint density at radius 2 is 1.74 bits per heavy atom. The van der Waals surface area contributed by atoms with Crippen LogP contribution in [-0.4, -0.2) is 24.8 Å². The van der Waals surface area contributed by atoms with Crippen LogP contribution >= 0.6 is 22.9 Å². The van der Waals surface area contributed by atoms with Crippen LogP contribution in [0.4, 0.5) is 0 Å². The molecule has 4 aromatic carbocycles. The third-order valence-corrected chi connectivity index (χ3v) is 8.57. The Morgan fingerprint density at radius 3 is 2.51 bits per heavy atom. The van der Waals surface area contributed by atoms with E-state index in [2.05, 4.69) is 4.99 Å². The summed E-state index contributed by atoms with van der Waals surface area (Å²) in [6.45, 7) is 2.10. The van der Waals surface area contributed by atoms with E-state index in [9.17, 15) is 9.59 Å². The highest BCUT2D eigenvalue weighted by Gasteiger charge is 2.35. The number of benzene rings is 4. The Balaban J connectivity index is 1.57. The molecule has 0 spiro atoms. The number of carbonyl (C=O) groups excluding carboxylic acids is 1. The van der Waals surface area contributed by atoms with E-state index in [-0.39, 0.29) is 11.1 Å². The van der Waals surface area contributed by atoms with Gasteiger partial charge in [0.1, 0.15) is 24.1 Å². The fourth-order valence-electron chi connectivity index (χ4n) is 5.32. The minimum atomic E-state index is -0.860. The fraction of sp³-hybridized carbons (Fsp3) is 0.147. The van der Waals surface area contributed by atoms with Crippen molar-refractivity contribution in [3.05, 3.63) is 138 Å². The number of allylic oxidation sites excluding steroid dienone is 1. The van der Waals surface area contributed by atoms with Crippen LogP contribution in [0.25, 0.3) is 16.8 Å². The van der Waals surface area contributed by atoms with Gasteiger partial charge in [-0.05, 0) is 53.6 Å². The first-order valence-corrected chi connectivity index (χ1v) is 14.7. The van der Waals surface area contributed by atoms with Crippen LogP contribution in [-0.2, 0) is 16.1 Å². The number of thiazole rings is 1. The molecule has 0 radical (unpaired) electrons. The maximum Gasteiger partial charge on any atom is 0.338 e. The van der Waals surface area contributed by atoms with Crippen molar-refractivity contribution in [2.24, 2.45) is 4.99 Å². The van der Waals surface area contributed by atoms with Gasteiger partial charge in [0.15, 0.2) is 4.80 Å². The molecule has 0 saturated carbocycles. The molecule has 0 fully saturated rings. The maximum absolute atomic E-state index is 14.3. The summed E-state index contributed by atoms with van der Waals surface area (Å²) < 4.78 is 19.0. The van der Waals surface area contributed by atoms with E-state index in [0.29, 0.717) is 43.7 Å². The SMILES string of the molecule is COC(=O)C1=C(C)N=c2s/c(=C\c3c(OCc4ccccc4)ccc4ccccc34)c(=O)n2[C@H]1c1cc(Cl)ccc1OC. The van der Waals surface area contributed by atoms with Crippen LogP contribution in [0, 0.1) is 0 Å². The Labute approximate surface area is 256 Å². The van der Waals surface area contributed by atoms with Crippen molar-refractivity contribution < 1.29 is 19.0 Å². The molecule has 5 aromatic rings. The number of aromatic nitrogens is 1. The summed E-state index contributed by atoms with van der Waals surface area (Å²) in [5, 5.41) is 2.39. The van der Waals surface area contributed by atoms with Crippen molar-refractivity contribution in [1.29, 1.82) is 0 Å². The lowest BCUT2D eigenvalue weighted by Gasteiger charge is -2.25. The quantitative estimate of drug-likeness (QED) is 0.218.